The summed E-state index contributed by atoms with van der Waals surface area (Å²) >= 11 is 5.31. The number of benzene rings is 2. The molecule has 1 N–H and O–H groups in total. The molecule has 6 heteroatoms. The van der Waals surface area contributed by atoms with Crippen LogP contribution in [0.5, 0.6) is 0 Å². The van der Waals surface area contributed by atoms with Crippen molar-refractivity contribution >= 4 is 30.4 Å². The largest absolute Gasteiger partial charge is 0.481 e. The first-order valence-electron chi connectivity index (χ1n) is 11.5. The molecule has 4 nitrogen and oxygen atoms in total. The minimum Gasteiger partial charge on any atom is -0.481 e. The van der Waals surface area contributed by atoms with Crippen LogP contribution in [0.3, 0.4) is 0 Å². The normalized spacial score (nSPS) is 10.9. The van der Waals surface area contributed by atoms with E-state index in [1.54, 1.807) is 6.20 Å². The van der Waals surface area contributed by atoms with Crippen LogP contribution in [0.4, 0.5) is 0 Å². The lowest BCUT2D eigenvalue weighted by Crippen LogP contribution is -2.03. The van der Waals surface area contributed by atoms with Crippen molar-refractivity contribution in [1.82, 2.24) is 9.55 Å². The Morgan fingerprint density at radius 1 is 1.06 bits per heavy atom. The van der Waals surface area contributed by atoms with Crippen molar-refractivity contribution in [3.05, 3.63) is 108 Å². The van der Waals surface area contributed by atoms with E-state index in [0.29, 0.717) is 5.92 Å². The molecule has 3 rings (SSSR count). The Morgan fingerprint density at radius 2 is 1.62 bits per heavy atom. The van der Waals surface area contributed by atoms with Crippen LogP contribution < -0.4 is 0 Å². The minimum absolute atomic E-state index is 0.0452. The van der Waals surface area contributed by atoms with E-state index in [1.165, 1.54) is 28.5 Å². The number of thioether (sulfide) groups is 1. The van der Waals surface area contributed by atoms with Gasteiger partial charge in [-0.1, -0.05) is 105 Å². The maximum Gasteiger partial charge on any atom is 0.313 e. The molecule has 34 heavy (non-hydrogen) atoms. The molecular weight excluding hydrogens is 460 g/mol. The van der Waals surface area contributed by atoms with E-state index in [0.717, 1.165) is 17.5 Å². The number of aromatic nitrogens is 2. The highest BCUT2D eigenvalue weighted by atomic mass is 32.2. The van der Waals surface area contributed by atoms with Gasteiger partial charge in [0.2, 0.25) is 0 Å². The molecule has 0 amide bonds. The maximum absolute atomic E-state index is 10.3. The van der Waals surface area contributed by atoms with Crippen molar-refractivity contribution in [1.29, 1.82) is 0 Å². The summed E-state index contributed by atoms with van der Waals surface area (Å²) in [4.78, 5) is 14.3. The molecule has 0 aliphatic rings. The number of hydrogen-bond donors (Lipinski definition) is 2. The molecule has 1 heterocycles. The van der Waals surface area contributed by atoms with Gasteiger partial charge in [-0.3, -0.25) is 4.79 Å². The van der Waals surface area contributed by atoms with Gasteiger partial charge in [0.25, 0.3) is 0 Å². The van der Waals surface area contributed by atoms with Gasteiger partial charge in [0.15, 0.2) is 5.16 Å². The standard InChI is InChI=1S/C19H20.C7H10N2O2S2.C2H6/c1-3-11-16(4-2)19(17-12-7-5-8-13-17)18-14-9-6-10-15-18;10-6(11)5-13-7-8-1-2-9(7)3-4-12;1-2/h3-15,19H,1-2H3;1-2,12H,3-5H2,(H,10,11);1-2H3/b11-3-,16-4+;;. The number of allylic oxidation sites excluding steroid dienone is 4. The SMILES string of the molecule is C/C=C\C(=C/C)C(c1ccccc1)c1ccccc1.CC.O=C(O)CSc1nccn1CCS. The minimum atomic E-state index is -0.828. The highest BCUT2D eigenvalue weighted by Crippen LogP contribution is 2.32. The second-order valence-corrected chi connectivity index (χ2v) is 8.24. The molecule has 1 aromatic heterocycles. The highest BCUT2D eigenvalue weighted by Gasteiger charge is 2.16. The molecule has 0 atom stereocenters. The van der Waals surface area contributed by atoms with E-state index in [1.807, 2.05) is 24.6 Å². The summed E-state index contributed by atoms with van der Waals surface area (Å²) in [6, 6.07) is 21.3. The van der Waals surface area contributed by atoms with Crippen molar-refractivity contribution in [2.24, 2.45) is 0 Å². The molecule has 0 radical (unpaired) electrons. The number of carbonyl (C=O) groups is 1. The molecule has 0 spiro atoms. The van der Waals surface area contributed by atoms with Crippen LogP contribution in [-0.4, -0.2) is 32.1 Å². The molecule has 0 bridgehead atoms. The van der Waals surface area contributed by atoms with Gasteiger partial charge < -0.3 is 9.67 Å². The summed E-state index contributed by atoms with van der Waals surface area (Å²) < 4.78 is 1.89. The number of aliphatic carboxylic acids is 1. The number of nitrogens with zero attached hydrogens (tertiary/aromatic N) is 2. The zero-order valence-corrected chi connectivity index (χ0v) is 22.2. The van der Waals surface area contributed by atoms with Crippen LogP contribution in [-0.2, 0) is 11.3 Å². The van der Waals surface area contributed by atoms with Crippen molar-refractivity contribution in [2.75, 3.05) is 11.5 Å². The molecule has 0 fully saturated rings. The van der Waals surface area contributed by atoms with Crippen LogP contribution in [0, 0.1) is 0 Å². The third-order valence-electron chi connectivity index (χ3n) is 4.63. The Hall–Kier alpha value is -2.70. The zero-order chi connectivity index (χ0) is 25.2. The quantitative estimate of drug-likeness (QED) is 0.185. The monoisotopic (exact) mass is 496 g/mol. The average Bonchev–Trinajstić information content (AvgIpc) is 3.32. The highest BCUT2D eigenvalue weighted by molar-refractivity contribution is 7.99. The van der Waals surface area contributed by atoms with Crippen LogP contribution in [0.15, 0.2) is 102 Å². The van der Waals surface area contributed by atoms with E-state index in [2.05, 4.69) is 110 Å². The molecule has 182 valence electrons. The Balaban J connectivity index is 0.000000337. The summed E-state index contributed by atoms with van der Waals surface area (Å²) in [5.74, 6) is 0.245. The Bertz CT molecular complexity index is 960. The average molecular weight is 497 g/mol. The van der Waals surface area contributed by atoms with Gasteiger partial charge in [0, 0.05) is 30.6 Å². The summed E-state index contributed by atoms with van der Waals surface area (Å²) in [6.07, 6.45) is 9.98. The lowest BCUT2D eigenvalue weighted by molar-refractivity contribution is -0.133. The van der Waals surface area contributed by atoms with Crippen LogP contribution in [0.1, 0.15) is 44.7 Å². The molecule has 0 saturated heterocycles. The summed E-state index contributed by atoms with van der Waals surface area (Å²) in [5.41, 5.74) is 4.00. The number of thiol groups is 1. The van der Waals surface area contributed by atoms with Crippen molar-refractivity contribution in [3.8, 4) is 0 Å². The third-order valence-corrected chi connectivity index (χ3v) is 5.82. The topological polar surface area (TPSA) is 55.1 Å². The maximum atomic E-state index is 10.3. The van der Waals surface area contributed by atoms with Crippen molar-refractivity contribution < 1.29 is 9.90 Å². The summed E-state index contributed by atoms with van der Waals surface area (Å²) in [6.45, 7) is 8.93. The van der Waals surface area contributed by atoms with Gasteiger partial charge in [-0.05, 0) is 30.5 Å². The Labute approximate surface area is 214 Å². The zero-order valence-electron chi connectivity index (χ0n) is 20.5. The smallest absolute Gasteiger partial charge is 0.313 e. The molecule has 0 aliphatic carbocycles. The molecule has 3 aromatic rings. The number of carboxylic acids is 1. The fourth-order valence-corrected chi connectivity index (χ4v) is 4.18. The second-order valence-electron chi connectivity index (χ2n) is 6.85. The second kappa shape index (κ2) is 17.7. The van der Waals surface area contributed by atoms with Gasteiger partial charge in [-0.15, -0.1) is 0 Å². The van der Waals surface area contributed by atoms with Crippen molar-refractivity contribution in [3.63, 3.8) is 0 Å². The summed E-state index contributed by atoms with van der Waals surface area (Å²) in [7, 11) is 0. The van der Waals surface area contributed by atoms with E-state index >= 15 is 0 Å². The van der Waals surface area contributed by atoms with E-state index in [-0.39, 0.29) is 5.75 Å². The lowest BCUT2D eigenvalue weighted by atomic mass is 9.84. The fourth-order valence-electron chi connectivity index (χ4n) is 3.26. The number of imidazole rings is 1. The predicted octanol–water partition coefficient (Wildman–Crippen LogP) is 7.36. The van der Waals surface area contributed by atoms with E-state index < -0.39 is 5.97 Å². The summed E-state index contributed by atoms with van der Waals surface area (Å²) in [5, 5.41) is 9.19. The molecule has 0 unspecified atom stereocenters. The fraction of sp³-hybridized carbons (Fsp3) is 0.286. The third kappa shape index (κ3) is 10.1. The first-order chi connectivity index (χ1) is 16.6. The number of aryl methyl sites for hydroxylation is 1. The number of carboxylic acid groups (broad SMARTS) is 1. The van der Waals surface area contributed by atoms with Gasteiger partial charge in [0.05, 0.1) is 5.75 Å². The van der Waals surface area contributed by atoms with E-state index in [9.17, 15) is 4.79 Å². The predicted molar refractivity (Wildman–Crippen MR) is 149 cm³/mol. The first kappa shape index (κ1) is 29.3. The Kier molecular flexibility index (Phi) is 15.3. The van der Waals surface area contributed by atoms with Crippen molar-refractivity contribution in [2.45, 2.75) is 45.3 Å². The lowest BCUT2D eigenvalue weighted by Gasteiger charge is -2.19. The number of rotatable bonds is 9. The van der Waals surface area contributed by atoms with Gasteiger partial charge in [0.1, 0.15) is 0 Å². The van der Waals surface area contributed by atoms with Gasteiger partial charge in [-0.2, -0.15) is 12.6 Å². The van der Waals surface area contributed by atoms with Crippen LogP contribution in [0.25, 0.3) is 0 Å². The first-order valence-corrected chi connectivity index (χ1v) is 13.1. The Morgan fingerprint density at radius 3 is 2.06 bits per heavy atom. The van der Waals surface area contributed by atoms with E-state index in [4.69, 9.17) is 5.11 Å². The molecule has 2 aromatic carbocycles. The van der Waals surface area contributed by atoms with Crippen LogP contribution in [0.2, 0.25) is 0 Å². The molecule has 0 aliphatic heterocycles. The van der Waals surface area contributed by atoms with Gasteiger partial charge >= 0.3 is 5.97 Å². The number of hydrogen-bond acceptors (Lipinski definition) is 4. The molecular formula is C28H36N2O2S2. The molecule has 0 saturated carbocycles. The van der Waals surface area contributed by atoms with Crippen LogP contribution >= 0.6 is 24.4 Å². The van der Waals surface area contributed by atoms with Gasteiger partial charge in [-0.25, -0.2) is 4.98 Å².